The number of urea groups is 1. The predicted molar refractivity (Wildman–Crippen MR) is 93.1 cm³/mol. The van der Waals surface area contributed by atoms with E-state index >= 15 is 0 Å². The van der Waals surface area contributed by atoms with Gasteiger partial charge in [-0.05, 0) is 40.5 Å². The molecule has 0 aromatic carbocycles. The first kappa shape index (κ1) is 20.3. The molecule has 0 radical (unpaired) electrons. The van der Waals surface area contributed by atoms with Gasteiger partial charge in [0.2, 0.25) is 11.8 Å². The monoisotopic (exact) mass is 339 g/mol. The lowest BCUT2D eigenvalue weighted by atomic mass is 9.98. The molecule has 0 aliphatic carbocycles. The van der Waals surface area contributed by atoms with Crippen LogP contribution >= 0.6 is 0 Å². The molecule has 7 heteroatoms. The van der Waals surface area contributed by atoms with Gasteiger partial charge in [0.25, 0.3) is 0 Å². The molecular weight excluding hydrogens is 308 g/mol. The number of nitrogens with one attached hydrogen (secondary N) is 1. The molecule has 1 N–H and O–H groups in total. The van der Waals surface area contributed by atoms with E-state index in [1.807, 2.05) is 6.92 Å². The molecule has 136 valence electrons. The topological polar surface area (TPSA) is 74.5 Å². The Labute approximate surface area is 144 Å². The zero-order chi connectivity index (χ0) is 18.4. The number of carbonyl (C=O) groups is 3. The fraction of sp³-hybridized carbons (Fsp3) is 0.765. The SMILES string of the molecule is CC[NH+](CC)CCC[C@@H](C)N=C(C)C1C(=O)N(C)C(=O)N(C)C1=O. The molecule has 0 aromatic heterocycles. The minimum absolute atomic E-state index is 0.0498. The summed E-state index contributed by atoms with van der Waals surface area (Å²) in [6.45, 7) is 11.4. The zero-order valence-corrected chi connectivity index (χ0v) is 15.8. The Hall–Kier alpha value is -1.76. The van der Waals surface area contributed by atoms with E-state index in [1.54, 1.807) is 11.8 Å². The first-order chi connectivity index (χ1) is 11.2. The number of imide groups is 2. The van der Waals surface area contributed by atoms with Crippen molar-refractivity contribution in [2.45, 2.75) is 46.6 Å². The van der Waals surface area contributed by atoms with E-state index in [0.717, 1.165) is 42.3 Å². The maximum Gasteiger partial charge on any atom is 0.332 e. The second-order valence-electron chi connectivity index (χ2n) is 6.48. The van der Waals surface area contributed by atoms with Crippen molar-refractivity contribution >= 4 is 23.6 Å². The molecule has 4 amide bonds. The number of hydrogen-bond donors (Lipinski definition) is 1. The number of rotatable bonds is 8. The number of amides is 4. The van der Waals surface area contributed by atoms with Crippen molar-refractivity contribution in [3.63, 3.8) is 0 Å². The largest absolute Gasteiger partial charge is 0.335 e. The van der Waals surface area contributed by atoms with Crippen LogP contribution in [0.3, 0.4) is 0 Å². The van der Waals surface area contributed by atoms with Gasteiger partial charge in [-0.3, -0.25) is 24.4 Å². The minimum Gasteiger partial charge on any atom is -0.335 e. The van der Waals surface area contributed by atoms with Crippen LogP contribution in [0.25, 0.3) is 0 Å². The maximum absolute atomic E-state index is 12.3. The Morgan fingerprint density at radius 2 is 1.62 bits per heavy atom. The highest BCUT2D eigenvalue weighted by Crippen LogP contribution is 2.17. The summed E-state index contributed by atoms with van der Waals surface area (Å²) in [5.74, 6) is -1.97. The molecule has 0 unspecified atom stereocenters. The van der Waals surface area contributed by atoms with E-state index in [9.17, 15) is 14.4 Å². The maximum atomic E-state index is 12.3. The number of carbonyl (C=O) groups excluding carboxylic acids is 3. The Balaban J connectivity index is 2.71. The van der Waals surface area contributed by atoms with Crippen LogP contribution in [0.5, 0.6) is 0 Å². The van der Waals surface area contributed by atoms with Crippen molar-refractivity contribution in [1.82, 2.24) is 9.80 Å². The third-order valence-electron chi connectivity index (χ3n) is 4.72. The molecular formula is C17H31N4O3+. The molecule has 1 heterocycles. The summed E-state index contributed by atoms with van der Waals surface area (Å²) < 4.78 is 0. The van der Waals surface area contributed by atoms with E-state index in [0.29, 0.717) is 5.71 Å². The number of aliphatic imine (C=N–C) groups is 1. The van der Waals surface area contributed by atoms with Crippen LogP contribution in [0.1, 0.15) is 40.5 Å². The fourth-order valence-electron chi connectivity index (χ4n) is 3.00. The molecule has 0 saturated carbocycles. The van der Waals surface area contributed by atoms with Gasteiger partial charge in [0.1, 0.15) is 0 Å². The lowest BCUT2D eigenvalue weighted by Gasteiger charge is -2.33. The highest BCUT2D eigenvalue weighted by Gasteiger charge is 2.43. The fourth-order valence-corrected chi connectivity index (χ4v) is 3.00. The highest BCUT2D eigenvalue weighted by atomic mass is 16.2. The molecule has 1 atom stereocenters. The molecule has 0 aromatic rings. The van der Waals surface area contributed by atoms with Crippen LogP contribution in [0, 0.1) is 5.92 Å². The molecule has 7 nitrogen and oxygen atoms in total. The van der Waals surface area contributed by atoms with Gasteiger partial charge in [-0.2, -0.15) is 0 Å². The molecule has 1 rings (SSSR count). The van der Waals surface area contributed by atoms with Gasteiger partial charge >= 0.3 is 6.03 Å². The lowest BCUT2D eigenvalue weighted by molar-refractivity contribution is -0.896. The quantitative estimate of drug-likeness (QED) is 0.507. The second kappa shape index (κ2) is 8.92. The molecule has 0 bridgehead atoms. The van der Waals surface area contributed by atoms with Crippen LogP contribution in [0.15, 0.2) is 4.99 Å². The molecule has 1 saturated heterocycles. The van der Waals surface area contributed by atoms with Crippen LogP contribution in [-0.2, 0) is 9.59 Å². The molecule has 24 heavy (non-hydrogen) atoms. The first-order valence-electron chi connectivity index (χ1n) is 8.71. The lowest BCUT2D eigenvalue weighted by Crippen LogP contribution is -3.11. The summed E-state index contributed by atoms with van der Waals surface area (Å²) in [4.78, 5) is 44.4. The van der Waals surface area contributed by atoms with Crippen molar-refractivity contribution in [3.05, 3.63) is 0 Å². The summed E-state index contributed by atoms with van der Waals surface area (Å²) >= 11 is 0. The van der Waals surface area contributed by atoms with Gasteiger partial charge in [-0.15, -0.1) is 0 Å². The van der Waals surface area contributed by atoms with Gasteiger partial charge in [-0.25, -0.2) is 4.79 Å². The minimum atomic E-state index is -0.978. The van der Waals surface area contributed by atoms with Gasteiger partial charge in [0, 0.05) is 25.8 Å². The van der Waals surface area contributed by atoms with E-state index < -0.39 is 23.8 Å². The summed E-state index contributed by atoms with van der Waals surface area (Å²) in [7, 11) is 2.79. The standard InChI is InChI=1S/C17H30N4O3/c1-7-21(8-2)11-9-10-12(3)18-13(4)14-15(22)19(5)17(24)20(6)16(14)23/h12,14H,7-11H2,1-6H3/p+1/t12-/m1/s1. The molecule has 0 spiro atoms. The van der Waals surface area contributed by atoms with Gasteiger partial charge in [0.05, 0.1) is 19.6 Å². The number of quaternary nitrogens is 1. The van der Waals surface area contributed by atoms with E-state index in [2.05, 4.69) is 18.8 Å². The number of barbiturate groups is 1. The zero-order valence-electron chi connectivity index (χ0n) is 15.8. The molecule has 1 fully saturated rings. The van der Waals surface area contributed by atoms with Gasteiger partial charge < -0.3 is 4.90 Å². The van der Waals surface area contributed by atoms with Gasteiger partial charge in [0.15, 0.2) is 5.92 Å². The van der Waals surface area contributed by atoms with Crippen LogP contribution in [0.4, 0.5) is 4.79 Å². The predicted octanol–water partition coefficient (Wildman–Crippen LogP) is 0.207. The summed E-state index contributed by atoms with van der Waals surface area (Å²) in [6, 6.07) is -0.543. The van der Waals surface area contributed by atoms with Crippen LogP contribution in [0.2, 0.25) is 0 Å². The second-order valence-corrected chi connectivity index (χ2v) is 6.48. The smallest absolute Gasteiger partial charge is 0.332 e. The Kier molecular flexibility index (Phi) is 7.54. The van der Waals surface area contributed by atoms with Crippen molar-refractivity contribution in [2.24, 2.45) is 10.9 Å². The van der Waals surface area contributed by atoms with E-state index in [4.69, 9.17) is 0 Å². The highest BCUT2D eigenvalue weighted by molar-refractivity contribution is 6.26. The Morgan fingerprint density at radius 3 is 2.08 bits per heavy atom. The van der Waals surface area contributed by atoms with Crippen molar-refractivity contribution in [1.29, 1.82) is 0 Å². The number of nitrogens with zero attached hydrogens (tertiary/aromatic N) is 3. The van der Waals surface area contributed by atoms with Gasteiger partial charge in [-0.1, -0.05) is 0 Å². The Morgan fingerprint density at radius 1 is 1.12 bits per heavy atom. The average Bonchev–Trinajstić information content (AvgIpc) is 2.55. The molecule has 1 aliphatic heterocycles. The summed E-state index contributed by atoms with van der Waals surface area (Å²) in [5, 5.41) is 0. The normalized spacial score (nSPS) is 18.8. The third kappa shape index (κ3) is 4.63. The summed E-state index contributed by atoms with van der Waals surface area (Å²) in [6.07, 6.45) is 1.97. The summed E-state index contributed by atoms with van der Waals surface area (Å²) in [5.41, 5.74) is 0.485. The van der Waals surface area contributed by atoms with Crippen LogP contribution in [-0.4, -0.2) is 73.1 Å². The first-order valence-corrected chi connectivity index (χ1v) is 8.71. The Bertz CT molecular complexity index is 490. The van der Waals surface area contributed by atoms with E-state index in [-0.39, 0.29) is 6.04 Å². The third-order valence-corrected chi connectivity index (χ3v) is 4.72. The van der Waals surface area contributed by atoms with E-state index in [1.165, 1.54) is 14.1 Å². The average molecular weight is 339 g/mol. The van der Waals surface area contributed by atoms with Crippen LogP contribution < -0.4 is 4.90 Å². The molecule has 1 aliphatic rings. The number of hydrogen-bond acceptors (Lipinski definition) is 4. The van der Waals surface area contributed by atoms with Crippen molar-refractivity contribution in [2.75, 3.05) is 33.7 Å². The van der Waals surface area contributed by atoms with Crippen molar-refractivity contribution in [3.8, 4) is 0 Å². The van der Waals surface area contributed by atoms with Crippen molar-refractivity contribution < 1.29 is 19.3 Å².